The number of benzene rings is 2. The van der Waals surface area contributed by atoms with Crippen molar-refractivity contribution in [1.29, 1.82) is 0 Å². The molecule has 0 heterocycles. The van der Waals surface area contributed by atoms with E-state index in [1.54, 1.807) is 7.11 Å². The smallest absolute Gasteiger partial charge is 0.180 e. The standard InChI is InChI=1S/C19H24ClNO3/c1-3-16(12-22)21-11-15-9-17(20)19(18(10-15)23-2)24-13-14-7-5-4-6-8-14/h4-10,16,21-22H,3,11-13H2,1-2H3/t16-/m1/s1. The first-order chi connectivity index (χ1) is 11.7. The second kappa shape index (κ2) is 9.52. The summed E-state index contributed by atoms with van der Waals surface area (Å²) in [5, 5.41) is 13.0. The number of methoxy groups -OCH3 is 1. The van der Waals surface area contributed by atoms with E-state index in [-0.39, 0.29) is 12.6 Å². The largest absolute Gasteiger partial charge is 0.493 e. The van der Waals surface area contributed by atoms with Gasteiger partial charge in [-0.25, -0.2) is 0 Å². The number of rotatable bonds is 9. The molecule has 1 atom stereocenters. The lowest BCUT2D eigenvalue weighted by Crippen LogP contribution is -2.31. The molecule has 2 rings (SSSR count). The van der Waals surface area contributed by atoms with Gasteiger partial charge in [0, 0.05) is 12.6 Å². The zero-order valence-electron chi connectivity index (χ0n) is 14.1. The van der Waals surface area contributed by atoms with Crippen LogP contribution in [0.5, 0.6) is 11.5 Å². The first kappa shape index (κ1) is 18.6. The number of aliphatic hydroxyl groups excluding tert-OH is 1. The van der Waals surface area contributed by atoms with Crippen LogP contribution in [0, 0.1) is 0 Å². The Morgan fingerprint density at radius 1 is 1.17 bits per heavy atom. The van der Waals surface area contributed by atoms with Crippen LogP contribution in [0.1, 0.15) is 24.5 Å². The quantitative estimate of drug-likeness (QED) is 0.723. The number of halogens is 1. The van der Waals surface area contributed by atoms with Crippen LogP contribution in [-0.4, -0.2) is 24.9 Å². The summed E-state index contributed by atoms with van der Waals surface area (Å²) < 4.78 is 11.3. The fourth-order valence-corrected chi connectivity index (χ4v) is 2.63. The van der Waals surface area contributed by atoms with Crippen molar-refractivity contribution in [2.75, 3.05) is 13.7 Å². The first-order valence-electron chi connectivity index (χ1n) is 8.05. The van der Waals surface area contributed by atoms with E-state index in [1.165, 1.54) is 0 Å². The molecule has 24 heavy (non-hydrogen) atoms. The van der Waals surface area contributed by atoms with Crippen molar-refractivity contribution in [3.05, 3.63) is 58.6 Å². The molecule has 0 saturated carbocycles. The van der Waals surface area contributed by atoms with Gasteiger partial charge in [0.25, 0.3) is 0 Å². The fraction of sp³-hybridized carbons (Fsp3) is 0.368. The SMILES string of the molecule is CC[C@H](CO)NCc1cc(Cl)c(OCc2ccccc2)c(OC)c1. The van der Waals surface area contributed by atoms with Gasteiger partial charge in [-0.05, 0) is 29.7 Å². The van der Waals surface area contributed by atoms with E-state index in [2.05, 4.69) is 5.32 Å². The fourth-order valence-electron chi connectivity index (χ4n) is 2.35. The topological polar surface area (TPSA) is 50.7 Å². The zero-order valence-corrected chi connectivity index (χ0v) is 14.8. The third-order valence-corrected chi connectivity index (χ3v) is 4.10. The highest BCUT2D eigenvalue weighted by Crippen LogP contribution is 2.37. The van der Waals surface area contributed by atoms with Gasteiger partial charge < -0.3 is 19.9 Å². The molecule has 2 aromatic carbocycles. The van der Waals surface area contributed by atoms with Crippen LogP contribution in [-0.2, 0) is 13.2 Å². The summed E-state index contributed by atoms with van der Waals surface area (Å²) in [6.45, 7) is 3.17. The van der Waals surface area contributed by atoms with Gasteiger partial charge in [-0.1, -0.05) is 48.9 Å². The molecule has 0 aliphatic carbocycles. The van der Waals surface area contributed by atoms with Gasteiger partial charge >= 0.3 is 0 Å². The molecule has 5 heteroatoms. The van der Waals surface area contributed by atoms with E-state index in [0.29, 0.717) is 29.7 Å². The van der Waals surface area contributed by atoms with Gasteiger partial charge in [-0.2, -0.15) is 0 Å². The molecular weight excluding hydrogens is 326 g/mol. The zero-order chi connectivity index (χ0) is 17.4. The van der Waals surface area contributed by atoms with Gasteiger partial charge in [0.05, 0.1) is 18.7 Å². The highest BCUT2D eigenvalue weighted by molar-refractivity contribution is 6.32. The summed E-state index contributed by atoms with van der Waals surface area (Å²) in [6, 6.07) is 13.7. The molecule has 0 fully saturated rings. The van der Waals surface area contributed by atoms with E-state index in [9.17, 15) is 5.11 Å². The minimum atomic E-state index is 0.0729. The molecule has 0 amide bonds. The van der Waals surface area contributed by atoms with Crippen LogP contribution in [0.15, 0.2) is 42.5 Å². The van der Waals surface area contributed by atoms with Crippen LogP contribution in [0.25, 0.3) is 0 Å². The Balaban J connectivity index is 2.09. The number of hydrogen-bond donors (Lipinski definition) is 2. The maximum absolute atomic E-state index is 9.25. The van der Waals surface area contributed by atoms with Crippen molar-refractivity contribution in [2.45, 2.75) is 32.5 Å². The normalized spacial score (nSPS) is 12.0. The molecule has 0 bridgehead atoms. The molecule has 0 spiro atoms. The summed E-state index contributed by atoms with van der Waals surface area (Å²) >= 11 is 6.38. The summed E-state index contributed by atoms with van der Waals surface area (Å²) in [5.41, 5.74) is 2.05. The van der Waals surface area contributed by atoms with Crippen molar-refractivity contribution >= 4 is 11.6 Å². The summed E-state index contributed by atoms with van der Waals surface area (Å²) in [6.07, 6.45) is 0.861. The van der Waals surface area contributed by atoms with Gasteiger partial charge in [-0.15, -0.1) is 0 Å². The van der Waals surface area contributed by atoms with E-state index in [0.717, 1.165) is 17.5 Å². The molecule has 0 aliphatic rings. The van der Waals surface area contributed by atoms with E-state index >= 15 is 0 Å². The van der Waals surface area contributed by atoms with E-state index < -0.39 is 0 Å². The molecule has 2 aromatic rings. The predicted molar refractivity (Wildman–Crippen MR) is 96.8 cm³/mol. The minimum absolute atomic E-state index is 0.0729. The Bertz CT molecular complexity index is 630. The molecule has 0 radical (unpaired) electrons. The van der Waals surface area contributed by atoms with Gasteiger partial charge in [0.2, 0.25) is 0 Å². The number of nitrogens with one attached hydrogen (secondary N) is 1. The molecule has 0 aromatic heterocycles. The van der Waals surface area contributed by atoms with Gasteiger partial charge in [0.1, 0.15) is 6.61 Å². The van der Waals surface area contributed by atoms with Crippen LogP contribution < -0.4 is 14.8 Å². The summed E-state index contributed by atoms with van der Waals surface area (Å²) in [4.78, 5) is 0. The molecular formula is C19H24ClNO3. The average Bonchev–Trinajstić information content (AvgIpc) is 2.62. The highest BCUT2D eigenvalue weighted by Gasteiger charge is 2.13. The Hall–Kier alpha value is -1.75. The van der Waals surface area contributed by atoms with Gasteiger partial charge in [0.15, 0.2) is 11.5 Å². The van der Waals surface area contributed by atoms with Crippen molar-refractivity contribution in [1.82, 2.24) is 5.32 Å². The monoisotopic (exact) mass is 349 g/mol. The van der Waals surface area contributed by atoms with Crippen LogP contribution in [0.3, 0.4) is 0 Å². The lowest BCUT2D eigenvalue weighted by molar-refractivity contribution is 0.238. The van der Waals surface area contributed by atoms with E-state index in [1.807, 2.05) is 49.4 Å². The number of aliphatic hydroxyl groups is 1. The van der Waals surface area contributed by atoms with Crippen LogP contribution in [0.2, 0.25) is 5.02 Å². The second-order valence-electron chi connectivity index (χ2n) is 5.55. The van der Waals surface area contributed by atoms with Crippen molar-refractivity contribution in [2.24, 2.45) is 0 Å². The minimum Gasteiger partial charge on any atom is -0.493 e. The second-order valence-corrected chi connectivity index (χ2v) is 5.96. The number of hydrogen-bond acceptors (Lipinski definition) is 4. The van der Waals surface area contributed by atoms with Crippen LogP contribution >= 0.6 is 11.6 Å². The maximum atomic E-state index is 9.25. The molecule has 0 saturated heterocycles. The van der Waals surface area contributed by atoms with Crippen LogP contribution in [0.4, 0.5) is 0 Å². The molecule has 0 unspecified atom stereocenters. The molecule has 130 valence electrons. The Labute approximate surface area is 148 Å². The lowest BCUT2D eigenvalue weighted by Gasteiger charge is -2.17. The first-order valence-corrected chi connectivity index (χ1v) is 8.43. The summed E-state index contributed by atoms with van der Waals surface area (Å²) in [5.74, 6) is 1.15. The lowest BCUT2D eigenvalue weighted by atomic mass is 10.1. The average molecular weight is 350 g/mol. The highest BCUT2D eigenvalue weighted by atomic mass is 35.5. The molecule has 0 aliphatic heterocycles. The van der Waals surface area contributed by atoms with E-state index in [4.69, 9.17) is 21.1 Å². The summed E-state index contributed by atoms with van der Waals surface area (Å²) in [7, 11) is 1.60. The number of ether oxygens (including phenoxy) is 2. The predicted octanol–water partition coefficient (Wildman–Crippen LogP) is 3.79. The van der Waals surface area contributed by atoms with Crippen molar-refractivity contribution in [3.63, 3.8) is 0 Å². The van der Waals surface area contributed by atoms with Crippen molar-refractivity contribution < 1.29 is 14.6 Å². The van der Waals surface area contributed by atoms with Gasteiger partial charge in [-0.3, -0.25) is 0 Å². The molecule has 2 N–H and O–H groups in total. The Kier molecular flexibility index (Phi) is 7.37. The Morgan fingerprint density at radius 2 is 1.92 bits per heavy atom. The third kappa shape index (κ3) is 5.13. The molecule has 4 nitrogen and oxygen atoms in total. The Morgan fingerprint density at radius 3 is 2.54 bits per heavy atom. The van der Waals surface area contributed by atoms with Crippen molar-refractivity contribution in [3.8, 4) is 11.5 Å². The third-order valence-electron chi connectivity index (χ3n) is 3.82. The maximum Gasteiger partial charge on any atom is 0.180 e.